The lowest BCUT2D eigenvalue weighted by Crippen LogP contribution is -3.00. The summed E-state index contributed by atoms with van der Waals surface area (Å²) in [5, 5.41) is 3.37. The van der Waals surface area contributed by atoms with Crippen molar-refractivity contribution < 1.29 is 26.3 Å². The van der Waals surface area contributed by atoms with Gasteiger partial charge in [-0.25, -0.2) is 4.39 Å². The Morgan fingerprint density at radius 1 is 0.963 bits per heavy atom. The summed E-state index contributed by atoms with van der Waals surface area (Å²) in [6.45, 7) is 1.62. The fourth-order valence-electron chi connectivity index (χ4n) is 2.59. The van der Waals surface area contributed by atoms with E-state index in [-0.39, 0.29) is 18.2 Å². The average molecular weight is 388 g/mol. The van der Waals surface area contributed by atoms with Crippen LogP contribution in [0.4, 0.5) is 4.39 Å². The van der Waals surface area contributed by atoms with Crippen molar-refractivity contribution in [1.29, 1.82) is 0 Å². The SMILES string of the molecule is COc1cccc(CNCc2ccccn2)c1OCc1ccc(F)cc1.[Cl-]. The summed E-state index contributed by atoms with van der Waals surface area (Å²) >= 11 is 0. The maximum atomic E-state index is 13.0. The van der Waals surface area contributed by atoms with Crippen LogP contribution in [0.1, 0.15) is 16.8 Å². The second-order valence-electron chi connectivity index (χ2n) is 5.79. The molecule has 0 atom stereocenters. The van der Waals surface area contributed by atoms with Gasteiger partial charge in [-0.15, -0.1) is 0 Å². The van der Waals surface area contributed by atoms with E-state index in [9.17, 15) is 4.39 Å². The fraction of sp³-hybridized carbons (Fsp3) is 0.190. The first-order chi connectivity index (χ1) is 12.8. The normalized spacial score (nSPS) is 10.1. The highest BCUT2D eigenvalue weighted by Crippen LogP contribution is 2.31. The van der Waals surface area contributed by atoms with Crippen molar-refractivity contribution in [3.63, 3.8) is 0 Å². The van der Waals surface area contributed by atoms with Crippen LogP contribution in [0.5, 0.6) is 11.5 Å². The molecule has 0 amide bonds. The summed E-state index contributed by atoms with van der Waals surface area (Å²) in [6, 6.07) is 17.9. The van der Waals surface area contributed by atoms with Crippen molar-refractivity contribution in [3.05, 3.63) is 89.5 Å². The maximum Gasteiger partial charge on any atom is 0.166 e. The highest BCUT2D eigenvalue weighted by molar-refractivity contribution is 5.46. The molecule has 3 rings (SSSR count). The van der Waals surface area contributed by atoms with E-state index in [1.807, 2.05) is 36.4 Å². The molecule has 3 aromatic rings. The molecule has 0 unspecified atom stereocenters. The van der Waals surface area contributed by atoms with Crippen LogP contribution >= 0.6 is 0 Å². The number of hydrogen-bond acceptors (Lipinski definition) is 4. The van der Waals surface area contributed by atoms with Gasteiger partial charge in [-0.3, -0.25) is 4.98 Å². The number of ether oxygens (including phenoxy) is 2. The van der Waals surface area contributed by atoms with Crippen LogP contribution in [0.15, 0.2) is 66.9 Å². The highest BCUT2D eigenvalue weighted by atomic mass is 35.5. The maximum absolute atomic E-state index is 13.0. The van der Waals surface area contributed by atoms with Gasteiger partial charge in [-0.05, 0) is 35.9 Å². The van der Waals surface area contributed by atoms with Crippen LogP contribution in [0.25, 0.3) is 0 Å². The van der Waals surface area contributed by atoms with Crippen LogP contribution in [-0.4, -0.2) is 12.1 Å². The van der Waals surface area contributed by atoms with E-state index >= 15 is 0 Å². The summed E-state index contributed by atoms with van der Waals surface area (Å²) in [5.74, 6) is 1.10. The second-order valence-corrected chi connectivity index (χ2v) is 5.79. The molecule has 0 aliphatic rings. The fourth-order valence-corrected chi connectivity index (χ4v) is 2.59. The number of para-hydroxylation sites is 1. The van der Waals surface area contributed by atoms with Gasteiger partial charge in [0.2, 0.25) is 0 Å². The lowest BCUT2D eigenvalue weighted by molar-refractivity contribution is -0.00000650. The van der Waals surface area contributed by atoms with E-state index in [2.05, 4.69) is 10.3 Å². The Kier molecular flexibility index (Phi) is 8.04. The topological polar surface area (TPSA) is 43.4 Å². The van der Waals surface area contributed by atoms with Gasteiger partial charge in [0.05, 0.1) is 12.8 Å². The van der Waals surface area contributed by atoms with E-state index in [0.29, 0.717) is 31.2 Å². The minimum absolute atomic E-state index is 0. The predicted molar refractivity (Wildman–Crippen MR) is 98.5 cm³/mol. The number of benzene rings is 2. The van der Waals surface area contributed by atoms with Crippen molar-refractivity contribution in [2.75, 3.05) is 7.11 Å². The van der Waals surface area contributed by atoms with Crippen LogP contribution in [-0.2, 0) is 19.7 Å². The molecular formula is C21H21ClFN2O2-. The van der Waals surface area contributed by atoms with Gasteiger partial charge in [0.25, 0.3) is 0 Å². The number of nitrogens with zero attached hydrogens (tertiary/aromatic N) is 1. The molecule has 0 aliphatic carbocycles. The van der Waals surface area contributed by atoms with Gasteiger partial charge < -0.3 is 27.2 Å². The van der Waals surface area contributed by atoms with E-state index in [0.717, 1.165) is 16.8 Å². The zero-order chi connectivity index (χ0) is 18.2. The zero-order valence-electron chi connectivity index (χ0n) is 15.0. The van der Waals surface area contributed by atoms with Gasteiger partial charge in [0.1, 0.15) is 12.4 Å². The molecular weight excluding hydrogens is 367 g/mol. The average Bonchev–Trinajstić information content (AvgIpc) is 2.69. The first kappa shape index (κ1) is 20.7. The number of pyridine rings is 1. The van der Waals surface area contributed by atoms with E-state index in [1.165, 1.54) is 12.1 Å². The standard InChI is InChI=1S/C21H21FN2O2.ClH/c1-25-20-7-4-5-17(13-23-14-19-6-2-3-12-24-19)21(20)26-15-16-8-10-18(22)11-9-16;/h2-12,23H,13-15H2,1H3;1H/p-1. The van der Waals surface area contributed by atoms with E-state index in [1.54, 1.807) is 25.4 Å². The summed E-state index contributed by atoms with van der Waals surface area (Å²) in [7, 11) is 1.62. The second kappa shape index (κ2) is 10.5. The summed E-state index contributed by atoms with van der Waals surface area (Å²) in [4.78, 5) is 4.30. The summed E-state index contributed by atoms with van der Waals surface area (Å²) in [5.41, 5.74) is 2.86. The minimum atomic E-state index is -0.259. The third-order valence-electron chi connectivity index (χ3n) is 3.92. The van der Waals surface area contributed by atoms with Crippen molar-refractivity contribution in [3.8, 4) is 11.5 Å². The number of methoxy groups -OCH3 is 1. The molecule has 1 aromatic heterocycles. The molecule has 0 saturated heterocycles. The monoisotopic (exact) mass is 387 g/mol. The minimum Gasteiger partial charge on any atom is -1.00 e. The molecule has 0 aliphatic heterocycles. The molecule has 6 heteroatoms. The molecule has 142 valence electrons. The highest BCUT2D eigenvalue weighted by Gasteiger charge is 2.11. The number of aromatic nitrogens is 1. The van der Waals surface area contributed by atoms with Crippen LogP contribution in [0.2, 0.25) is 0 Å². The van der Waals surface area contributed by atoms with Crippen LogP contribution < -0.4 is 27.2 Å². The predicted octanol–water partition coefficient (Wildman–Crippen LogP) is 1.10. The lowest BCUT2D eigenvalue weighted by atomic mass is 10.1. The van der Waals surface area contributed by atoms with E-state index in [4.69, 9.17) is 9.47 Å². The molecule has 0 bridgehead atoms. The molecule has 0 saturated carbocycles. The number of rotatable bonds is 8. The Balaban J connectivity index is 0.00000261. The molecule has 2 aromatic carbocycles. The lowest BCUT2D eigenvalue weighted by Gasteiger charge is -2.15. The molecule has 0 fully saturated rings. The molecule has 0 spiro atoms. The van der Waals surface area contributed by atoms with Gasteiger partial charge >= 0.3 is 0 Å². The Morgan fingerprint density at radius 2 is 1.78 bits per heavy atom. The van der Waals surface area contributed by atoms with Gasteiger partial charge in [0.15, 0.2) is 11.5 Å². The van der Waals surface area contributed by atoms with Crippen molar-refractivity contribution in [2.24, 2.45) is 0 Å². The third kappa shape index (κ3) is 5.94. The first-order valence-electron chi connectivity index (χ1n) is 8.40. The molecule has 1 heterocycles. The van der Waals surface area contributed by atoms with E-state index < -0.39 is 0 Å². The molecule has 1 N–H and O–H groups in total. The summed E-state index contributed by atoms with van der Waals surface area (Å²) < 4.78 is 24.5. The van der Waals surface area contributed by atoms with Gasteiger partial charge in [-0.2, -0.15) is 0 Å². The smallest absolute Gasteiger partial charge is 0.166 e. The molecule has 27 heavy (non-hydrogen) atoms. The quantitative estimate of drug-likeness (QED) is 0.628. The van der Waals surface area contributed by atoms with Crippen LogP contribution in [0, 0.1) is 5.82 Å². The summed E-state index contributed by atoms with van der Waals surface area (Å²) in [6.07, 6.45) is 1.78. The van der Waals surface area contributed by atoms with Crippen molar-refractivity contribution in [2.45, 2.75) is 19.7 Å². The zero-order valence-corrected chi connectivity index (χ0v) is 15.7. The van der Waals surface area contributed by atoms with Crippen molar-refractivity contribution >= 4 is 0 Å². The Hall–Kier alpha value is -2.63. The Bertz CT molecular complexity index is 829. The third-order valence-corrected chi connectivity index (χ3v) is 3.92. The van der Waals surface area contributed by atoms with Crippen molar-refractivity contribution in [1.82, 2.24) is 10.3 Å². The molecule has 0 radical (unpaired) electrons. The Morgan fingerprint density at radius 3 is 2.48 bits per heavy atom. The number of hydrogen-bond donors (Lipinski definition) is 1. The first-order valence-corrected chi connectivity index (χ1v) is 8.40. The number of nitrogens with one attached hydrogen (secondary N) is 1. The van der Waals surface area contributed by atoms with Gasteiger partial charge in [-0.1, -0.05) is 30.3 Å². The van der Waals surface area contributed by atoms with Crippen LogP contribution in [0.3, 0.4) is 0 Å². The van der Waals surface area contributed by atoms with Gasteiger partial charge in [0, 0.05) is 24.8 Å². The molecule has 4 nitrogen and oxygen atoms in total. The largest absolute Gasteiger partial charge is 1.00 e. The number of halogens is 2. The Labute approximate surface area is 164 Å².